The van der Waals surface area contributed by atoms with Gasteiger partial charge in [-0.2, -0.15) is 0 Å². The molecule has 3 N–H and O–H groups in total. The van der Waals surface area contributed by atoms with E-state index in [9.17, 15) is 9.90 Å². The van der Waals surface area contributed by atoms with Gasteiger partial charge in [-0.15, -0.1) is 0 Å². The van der Waals surface area contributed by atoms with E-state index in [0.29, 0.717) is 19.6 Å². The van der Waals surface area contributed by atoms with Crippen molar-refractivity contribution < 1.29 is 14.6 Å². The minimum atomic E-state index is -0.811. The molecule has 2 aliphatic rings. The molecule has 2 aliphatic heterocycles. The lowest BCUT2D eigenvalue weighted by Crippen LogP contribution is -2.45. The number of ether oxygens (including phenoxy) is 1. The molecular formula is C14H18N2O3. The van der Waals surface area contributed by atoms with Crippen molar-refractivity contribution in [2.75, 3.05) is 26.2 Å². The Hall–Kier alpha value is -1.59. The lowest BCUT2D eigenvalue weighted by molar-refractivity contribution is -0.123. The minimum Gasteiger partial charge on any atom is -0.492 e. The third-order valence-corrected chi connectivity index (χ3v) is 3.83. The summed E-state index contributed by atoms with van der Waals surface area (Å²) in [7, 11) is 0. The van der Waals surface area contributed by atoms with E-state index in [0.717, 1.165) is 17.9 Å². The predicted octanol–water partition coefficient (Wildman–Crippen LogP) is 0.00320. The molecule has 2 atom stereocenters. The number of carbonyl (C=O) groups excluding carboxylic acids is 1. The van der Waals surface area contributed by atoms with E-state index in [4.69, 9.17) is 4.74 Å². The van der Waals surface area contributed by atoms with Crippen LogP contribution in [0.25, 0.3) is 0 Å². The largest absolute Gasteiger partial charge is 0.492 e. The summed E-state index contributed by atoms with van der Waals surface area (Å²) >= 11 is 0. The van der Waals surface area contributed by atoms with Gasteiger partial charge in [-0.25, -0.2) is 0 Å². The number of amides is 1. The summed E-state index contributed by atoms with van der Waals surface area (Å²) in [5, 5.41) is 16.1. The maximum atomic E-state index is 12.2. The van der Waals surface area contributed by atoms with Crippen LogP contribution in [0.4, 0.5) is 0 Å². The van der Waals surface area contributed by atoms with E-state index < -0.39 is 5.60 Å². The van der Waals surface area contributed by atoms with E-state index in [1.165, 1.54) is 0 Å². The highest BCUT2D eigenvalue weighted by atomic mass is 16.5. The van der Waals surface area contributed by atoms with Gasteiger partial charge in [-0.05, 0) is 19.0 Å². The zero-order valence-corrected chi connectivity index (χ0v) is 10.7. The number of rotatable bonds is 3. The second-order valence-corrected chi connectivity index (χ2v) is 5.27. The number of hydrogen-bond acceptors (Lipinski definition) is 4. The lowest BCUT2D eigenvalue weighted by atomic mass is 9.99. The number of benzene rings is 1. The molecule has 1 aromatic rings. The molecule has 2 heterocycles. The molecule has 0 radical (unpaired) electrons. The summed E-state index contributed by atoms with van der Waals surface area (Å²) in [6, 6.07) is 7.59. The molecular weight excluding hydrogens is 244 g/mol. The Kier molecular flexibility index (Phi) is 3.16. The molecule has 0 aliphatic carbocycles. The molecule has 102 valence electrons. The molecule has 3 rings (SSSR count). The van der Waals surface area contributed by atoms with Crippen LogP contribution in [0, 0.1) is 0 Å². The van der Waals surface area contributed by atoms with Crippen molar-refractivity contribution in [3.05, 3.63) is 29.8 Å². The van der Waals surface area contributed by atoms with Crippen LogP contribution in [0.5, 0.6) is 5.75 Å². The molecule has 0 bridgehead atoms. The van der Waals surface area contributed by atoms with Crippen molar-refractivity contribution in [2.45, 2.75) is 17.9 Å². The smallest absolute Gasteiger partial charge is 0.231 e. The molecule has 1 aromatic carbocycles. The van der Waals surface area contributed by atoms with E-state index >= 15 is 0 Å². The normalized spacial score (nSPS) is 28.8. The van der Waals surface area contributed by atoms with Crippen LogP contribution >= 0.6 is 0 Å². The minimum absolute atomic E-state index is 0.0784. The van der Waals surface area contributed by atoms with Crippen molar-refractivity contribution in [1.29, 1.82) is 0 Å². The van der Waals surface area contributed by atoms with Crippen LogP contribution in [0.2, 0.25) is 0 Å². The Morgan fingerprint density at radius 3 is 3.16 bits per heavy atom. The average molecular weight is 262 g/mol. The van der Waals surface area contributed by atoms with Crippen LogP contribution in [-0.2, 0) is 4.79 Å². The molecule has 0 saturated carbocycles. The fourth-order valence-corrected chi connectivity index (χ4v) is 2.64. The zero-order valence-electron chi connectivity index (χ0n) is 10.7. The maximum Gasteiger partial charge on any atom is 0.231 e. The summed E-state index contributed by atoms with van der Waals surface area (Å²) in [6.07, 6.45) is 0.672. The molecule has 0 aromatic heterocycles. The Bertz CT molecular complexity index is 483. The average Bonchev–Trinajstić information content (AvgIpc) is 3.03. The number of para-hydroxylation sites is 1. The number of nitrogens with one attached hydrogen (secondary N) is 2. The Balaban J connectivity index is 1.63. The van der Waals surface area contributed by atoms with E-state index in [1.54, 1.807) is 0 Å². The lowest BCUT2D eigenvalue weighted by Gasteiger charge is -2.22. The third kappa shape index (κ3) is 2.43. The molecule has 0 spiro atoms. The summed E-state index contributed by atoms with van der Waals surface area (Å²) in [5.74, 6) is 0.434. The number of β-amino-alcohol motifs (C(OH)–C–C–N with tert-alkyl or cyclic N) is 1. The summed E-state index contributed by atoms with van der Waals surface area (Å²) in [4.78, 5) is 12.2. The monoisotopic (exact) mass is 262 g/mol. The first-order chi connectivity index (χ1) is 9.18. The van der Waals surface area contributed by atoms with Gasteiger partial charge < -0.3 is 20.5 Å². The van der Waals surface area contributed by atoms with E-state index in [2.05, 4.69) is 10.6 Å². The maximum absolute atomic E-state index is 12.2. The number of fused-ring (bicyclic) bond motifs is 1. The zero-order chi connectivity index (χ0) is 13.3. The quantitative estimate of drug-likeness (QED) is 0.717. The molecule has 1 fully saturated rings. The van der Waals surface area contributed by atoms with Gasteiger partial charge in [-0.3, -0.25) is 4.79 Å². The van der Waals surface area contributed by atoms with Gasteiger partial charge in [0.15, 0.2) is 0 Å². The van der Waals surface area contributed by atoms with Crippen molar-refractivity contribution in [1.82, 2.24) is 10.6 Å². The first kappa shape index (κ1) is 12.4. The Morgan fingerprint density at radius 1 is 1.53 bits per heavy atom. The summed E-state index contributed by atoms with van der Waals surface area (Å²) in [6.45, 7) is 1.99. The molecule has 1 amide bonds. The van der Waals surface area contributed by atoms with Gasteiger partial charge in [-0.1, -0.05) is 18.2 Å². The van der Waals surface area contributed by atoms with Gasteiger partial charge >= 0.3 is 0 Å². The molecule has 1 saturated heterocycles. The first-order valence-electron chi connectivity index (χ1n) is 6.60. The number of hydrogen-bond donors (Lipinski definition) is 3. The van der Waals surface area contributed by atoms with Gasteiger partial charge in [0.1, 0.15) is 18.3 Å². The highest BCUT2D eigenvalue weighted by molar-refractivity contribution is 5.85. The number of carbonyl (C=O) groups is 1. The number of aliphatic hydroxyl groups is 1. The molecule has 19 heavy (non-hydrogen) atoms. The van der Waals surface area contributed by atoms with Crippen LogP contribution < -0.4 is 15.4 Å². The molecule has 5 heteroatoms. The molecule has 5 nitrogen and oxygen atoms in total. The Morgan fingerprint density at radius 2 is 2.37 bits per heavy atom. The standard InChI is InChI=1S/C14H18N2O3/c17-13(16-9-14(18)5-6-15-8-14)11-7-19-12-4-2-1-3-10(11)12/h1-4,11,15,18H,5-9H2,(H,16,17). The van der Waals surface area contributed by atoms with Crippen LogP contribution in [0.15, 0.2) is 24.3 Å². The fraction of sp³-hybridized carbons (Fsp3) is 0.500. The Labute approximate surface area is 112 Å². The summed E-state index contributed by atoms with van der Waals surface area (Å²) < 4.78 is 5.49. The topological polar surface area (TPSA) is 70.6 Å². The van der Waals surface area contributed by atoms with Crippen molar-refractivity contribution in [3.8, 4) is 5.75 Å². The third-order valence-electron chi connectivity index (χ3n) is 3.83. The van der Waals surface area contributed by atoms with Crippen LogP contribution in [0.1, 0.15) is 17.9 Å². The van der Waals surface area contributed by atoms with Gasteiger partial charge in [0.05, 0.1) is 5.60 Å². The highest BCUT2D eigenvalue weighted by Crippen LogP contribution is 2.33. The van der Waals surface area contributed by atoms with Crippen LogP contribution in [0.3, 0.4) is 0 Å². The van der Waals surface area contributed by atoms with Crippen LogP contribution in [-0.4, -0.2) is 42.9 Å². The van der Waals surface area contributed by atoms with E-state index in [1.807, 2.05) is 24.3 Å². The first-order valence-corrected chi connectivity index (χ1v) is 6.60. The second kappa shape index (κ2) is 4.83. The van der Waals surface area contributed by atoms with E-state index in [-0.39, 0.29) is 18.4 Å². The van der Waals surface area contributed by atoms with Gasteiger partial charge in [0, 0.05) is 18.7 Å². The van der Waals surface area contributed by atoms with Gasteiger partial charge in [0.25, 0.3) is 0 Å². The SMILES string of the molecule is O=C(NCC1(O)CCNC1)C1COc2ccccc21. The van der Waals surface area contributed by atoms with Crippen molar-refractivity contribution in [2.24, 2.45) is 0 Å². The van der Waals surface area contributed by atoms with Gasteiger partial charge in [0.2, 0.25) is 5.91 Å². The van der Waals surface area contributed by atoms with Crippen molar-refractivity contribution >= 4 is 5.91 Å². The fourth-order valence-electron chi connectivity index (χ4n) is 2.64. The highest BCUT2D eigenvalue weighted by Gasteiger charge is 2.34. The summed E-state index contributed by atoms with van der Waals surface area (Å²) in [5.41, 5.74) is 0.116. The van der Waals surface area contributed by atoms with Crippen molar-refractivity contribution in [3.63, 3.8) is 0 Å². The second-order valence-electron chi connectivity index (χ2n) is 5.27. The molecule has 2 unspecified atom stereocenters. The predicted molar refractivity (Wildman–Crippen MR) is 70.1 cm³/mol.